The fraction of sp³-hybridized carbons (Fsp3) is 0.571. The standard InChI is InChI=1S/C14H22N2/c1-10-11-8-9-15-12(11)6-7-13(10)16(5)14(2,3)4/h6-10,13,15H,1-5H3. The number of likely N-dealkylation sites (N-methyl/N-ethyl adjacent to an activating group) is 1. The Balaban J connectivity index is 2.28. The molecule has 0 saturated heterocycles. The van der Waals surface area contributed by atoms with Crippen LogP contribution in [0.25, 0.3) is 6.08 Å². The smallest absolute Gasteiger partial charge is 0.0413 e. The molecule has 0 aliphatic heterocycles. The van der Waals surface area contributed by atoms with Gasteiger partial charge in [0.2, 0.25) is 0 Å². The molecule has 0 saturated carbocycles. The summed E-state index contributed by atoms with van der Waals surface area (Å²) in [5.41, 5.74) is 2.91. The minimum atomic E-state index is 0.205. The van der Waals surface area contributed by atoms with Crippen LogP contribution >= 0.6 is 0 Å². The Morgan fingerprint density at radius 3 is 2.62 bits per heavy atom. The first kappa shape index (κ1) is 11.5. The minimum absolute atomic E-state index is 0.205. The molecule has 0 spiro atoms. The number of aromatic nitrogens is 1. The maximum Gasteiger partial charge on any atom is 0.0413 e. The zero-order valence-electron chi connectivity index (χ0n) is 10.9. The van der Waals surface area contributed by atoms with Crippen molar-refractivity contribution in [2.75, 3.05) is 7.05 Å². The molecular weight excluding hydrogens is 196 g/mol. The third-order valence-corrected chi connectivity index (χ3v) is 3.78. The van der Waals surface area contributed by atoms with Crippen LogP contribution in [0.1, 0.15) is 44.9 Å². The number of rotatable bonds is 1. The molecule has 2 atom stereocenters. The van der Waals surface area contributed by atoms with Crippen LogP contribution in [0.15, 0.2) is 18.3 Å². The highest BCUT2D eigenvalue weighted by Crippen LogP contribution is 2.33. The third kappa shape index (κ3) is 1.82. The fourth-order valence-electron chi connectivity index (χ4n) is 2.39. The van der Waals surface area contributed by atoms with E-state index >= 15 is 0 Å². The van der Waals surface area contributed by atoms with E-state index in [1.54, 1.807) is 0 Å². The first-order chi connectivity index (χ1) is 7.41. The summed E-state index contributed by atoms with van der Waals surface area (Å²) in [6.07, 6.45) is 6.56. The zero-order chi connectivity index (χ0) is 11.9. The van der Waals surface area contributed by atoms with E-state index in [0.717, 1.165) is 0 Å². The maximum atomic E-state index is 3.28. The second-order valence-electron chi connectivity index (χ2n) is 5.77. The van der Waals surface area contributed by atoms with Crippen molar-refractivity contribution in [2.45, 2.75) is 45.2 Å². The fourth-order valence-corrected chi connectivity index (χ4v) is 2.39. The van der Waals surface area contributed by atoms with Crippen LogP contribution in [0.4, 0.5) is 0 Å². The lowest BCUT2D eigenvalue weighted by atomic mass is 9.86. The summed E-state index contributed by atoms with van der Waals surface area (Å²) in [6, 6.07) is 2.69. The Morgan fingerprint density at radius 2 is 2.00 bits per heavy atom. The lowest BCUT2D eigenvalue weighted by Crippen LogP contribution is -2.47. The van der Waals surface area contributed by atoms with Gasteiger partial charge in [-0.1, -0.05) is 13.0 Å². The second-order valence-corrected chi connectivity index (χ2v) is 5.77. The predicted molar refractivity (Wildman–Crippen MR) is 69.5 cm³/mol. The van der Waals surface area contributed by atoms with Crippen LogP contribution in [0.5, 0.6) is 0 Å². The number of fused-ring (bicyclic) bond motifs is 1. The Morgan fingerprint density at radius 1 is 1.31 bits per heavy atom. The molecule has 1 aromatic heterocycles. The van der Waals surface area contributed by atoms with Crippen LogP contribution in [0.3, 0.4) is 0 Å². The van der Waals surface area contributed by atoms with Gasteiger partial charge in [0, 0.05) is 29.4 Å². The molecule has 2 unspecified atom stereocenters. The number of hydrogen-bond donors (Lipinski definition) is 1. The Kier molecular flexibility index (Phi) is 2.70. The van der Waals surface area contributed by atoms with Crippen LogP contribution in [0, 0.1) is 0 Å². The summed E-state index contributed by atoms with van der Waals surface area (Å²) in [6.45, 7) is 9.10. The molecule has 0 aromatic carbocycles. The Hall–Kier alpha value is -1.02. The Labute approximate surface area is 98.4 Å². The molecule has 2 rings (SSSR count). The van der Waals surface area contributed by atoms with E-state index in [0.29, 0.717) is 12.0 Å². The van der Waals surface area contributed by atoms with Gasteiger partial charge in [0.1, 0.15) is 0 Å². The summed E-state index contributed by atoms with van der Waals surface area (Å²) in [7, 11) is 2.21. The van der Waals surface area contributed by atoms with Gasteiger partial charge in [-0.25, -0.2) is 0 Å². The van der Waals surface area contributed by atoms with Gasteiger partial charge in [-0.3, -0.25) is 4.90 Å². The van der Waals surface area contributed by atoms with Crippen LogP contribution in [-0.2, 0) is 0 Å². The lowest BCUT2D eigenvalue weighted by molar-refractivity contribution is 0.127. The summed E-state index contributed by atoms with van der Waals surface area (Å²) >= 11 is 0. The molecule has 1 N–H and O–H groups in total. The molecule has 1 aliphatic carbocycles. The summed E-state index contributed by atoms with van der Waals surface area (Å²) in [5, 5.41) is 0. The van der Waals surface area contributed by atoms with Gasteiger partial charge < -0.3 is 4.98 Å². The highest BCUT2D eigenvalue weighted by Gasteiger charge is 2.31. The zero-order valence-corrected chi connectivity index (χ0v) is 10.9. The SMILES string of the molecule is CC1c2cc[nH]c2C=CC1N(C)C(C)(C)C. The van der Waals surface area contributed by atoms with Crippen LogP contribution in [0.2, 0.25) is 0 Å². The average Bonchev–Trinajstić information content (AvgIpc) is 2.64. The second kappa shape index (κ2) is 3.77. The highest BCUT2D eigenvalue weighted by molar-refractivity contribution is 5.55. The summed E-state index contributed by atoms with van der Waals surface area (Å²) in [4.78, 5) is 5.73. The molecule has 1 aliphatic rings. The van der Waals surface area contributed by atoms with Crippen molar-refractivity contribution in [3.05, 3.63) is 29.6 Å². The molecule has 1 aromatic rings. The van der Waals surface area contributed by atoms with E-state index in [1.807, 2.05) is 6.20 Å². The van der Waals surface area contributed by atoms with Gasteiger partial charge in [-0.05, 0) is 45.5 Å². The largest absolute Gasteiger partial charge is 0.361 e. The quantitative estimate of drug-likeness (QED) is 0.766. The predicted octanol–water partition coefficient (Wildman–Crippen LogP) is 3.24. The van der Waals surface area contributed by atoms with Gasteiger partial charge >= 0.3 is 0 Å². The summed E-state index contributed by atoms with van der Waals surface area (Å²) < 4.78 is 0. The van der Waals surface area contributed by atoms with E-state index in [-0.39, 0.29) is 5.54 Å². The highest BCUT2D eigenvalue weighted by atomic mass is 15.2. The summed E-state index contributed by atoms with van der Waals surface area (Å²) in [5.74, 6) is 0.551. The molecule has 0 amide bonds. The molecule has 0 fully saturated rings. The number of nitrogens with one attached hydrogen (secondary N) is 1. The van der Waals surface area contributed by atoms with Crippen molar-refractivity contribution in [2.24, 2.45) is 0 Å². The van der Waals surface area contributed by atoms with Gasteiger partial charge in [-0.2, -0.15) is 0 Å². The van der Waals surface area contributed by atoms with E-state index in [1.165, 1.54) is 11.3 Å². The topological polar surface area (TPSA) is 19.0 Å². The maximum absolute atomic E-state index is 3.28. The Bertz CT molecular complexity index is 395. The van der Waals surface area contributed by atoms with E-state index < -0.39 is 0 Å². The van der Waals surface area contributed by atoms with Crippen molar-refractivity contribution in [3.63, 3.8) is 0 Å². The number of aromatic amines is 1. The van der Waals surface area contributed by atoms with Crippen molar-refractivity contribution in [3.8, 4) is 0 Å². The van der Waals surface area contributed by atoms with Crippen LogP contribution < -0.4 is 0 Å². The lowest BCUT2D eigenvalue weighted by Gasteiger charge is -2.41. The number of nitrogens with zero attached hydrogens (tertiary/aromatic N) is 1. The van der Waals surface area contributed by atoms with E-state index in [9.17, 15) is 0 Å². The molecule has 88 valence electrons. The van der Waals surface area contributed by atoms with Gasteiger partial charge in [0.05, 0.1) is 0 Å². The molecule has 2 nitrogen and oxygen atoms in total. The molecule has 16 heavy (non-hydrogen) atoms. The van der Waals surface area contributed by atoms with Crippen molar-refractivity contribution >= 4 is 6.08 Å². The average molecular weight is 218 g/mol. The number of H-pyrrole nitrogens is 1. The third-order valence-electron chi connectivity index (χ3n) is 3.78. The molecular formula is C14H22N2. The van der Waals surface area contributed by atoms with Crippen molar-refractivity contribution in [1.29, 1.82) is 0 Å². The van der Waals surface area contributed by atoms with Crippen molar-refractivity contribution < 1.29 is 0 Å². The molecule has 0 radical (unpaired) electrons. The van der Waals surface area contributed by atoms with Crippen molar-refractivity contribution in [1.82, 2.24) is 9.88 Å². The van der Waals surface area contributed by atoms with Gasteiger partial charge in [0.25, 0.3) is 0 Å². The van der Waals surface area contributed by atoms with Gasteiger partial charge in [0.15, 0.2) is 0 Å². The monoisotopic (exact) mass is 218 g/mol. The van der Waals surface area contributed by atoms with Gasteiger partial charge in [-0.15, -0.1) is 0 Å². The molecule has 1 heterocycles. The van der Waals surface area contributed by atoms with Crippen LogP contribution in [-0.4, -0.2) is 28.5 Å². The number of hydrogen-bond acceptors (Lipinski definition) is 1. The normalized spacial score (nSPS) is 24.9. The molecule has 2 heteroatoms. The first-order valence-corrected chi connectivity index (χ1v) is 5.99. The first-order valence-electron chi connectivity index (χ1n) is 5.99. The minimum Gasteiger partial charge on any atom is -0.361 e. The molecule has 0 bridgehead atoms. The van der Waals surface area contributed by atoms with E-state index in [4.69, 9.17) is 0 Å². The van der Waals surface area contributed by atoms with E-state index in [2.05, 4.69) is 62.8 Å².